The number of aromatic nitrogens is 1. The maximum absolute atomic E-state index is 11.5. The summed E-state index contributed by atoms with van der Waals surface area (Å²) >= 11 is 0. The summed E-state index contributed by atoms with van der Waals surface area (Å²) in [5.41, 5.74) is 10.4. The lowest BCUT2D eigenvalue weighted by atomic mass is 9.93. The molecule has 3 aromatic rings. The summed E-state index contributed by atoms with van der Waals surface area (Å²) in [5, 5.41) is 10.2. The highest BCUT2D eigenvalue weighted by atomic mass is 16.4. The number of H-pyrrole nitrogens is 1. The minimum atomic E-state index is -1.08. The second-order valence-electron chi connectivity index (χ2n) is 9.99. The zero-order chi connectivity index (χ0) is 24.2. The van der Waals surface area contributed by atoms with Gasteiger partial charge in [0, 0.05) is 41.3 Å². The second kappa shape index (κ2) is 8.28. The lowest BCUT2D eigenvalue weighted by Gasteiger charge is -2.37. The second-order valence-corrected chi connectivity index (χ2v) is 9.99. The minimum absolute atomic E-state index is 0.488. The van der Waals surface area contributed by atoms with Crippen molar-refractivity contribution in [1.82, 2.24) is 15.2 Å². The fourth-order valence-corrected chi connectivity index (χ4v) is 5.68. The molecule has 2 aromatic carbocycles. The molecule has 0 spiro atoms. The number of aromatic amines is 1. The molecule has 182 valence electrons. The van der Waals surface area contributed by atoms with Gasteiger partial charge in [0.1, 0.15) is 0 Å². The fourth-order valence-electron chi connectivity index (χ4n) is 5.68. The third-order valence-corrected chi connectivity index (χ3v) is 7.79. The highest BCUT2D eigenvalue weighted by Gasteiger charge is 2.38. The molecule has 9 nitrogen and oxygen atoms in total. The van der Waals surface area contributed by atoms with Crippen molar-refractivity contribution < 1.29 is 4.42 Å². The van der Waals surface area contributed by atoms with Gasteiger partial charge in [0.05, 0.1) is 5.52 Å². The molecule has 4 heterocycles. The summed E-state index contributed by atoms with van der Waals surface area (Å²) in [4.78, 5) is 21.6. The summed E-state index contributed by atoms with van der Waals surface area (Å²) in [6, 6.07) is 15.6. The first kappa shape index (κ1) is 21.9. The normalized spacial score (nSPS) is 28.4. The summed E-state index contributed by atoms with van der Waals surface area (Å²) < 4.78 is 5.11. The Hall–Kier alpha value is -3.56. The molecule has 2 saturated heterocycles. The maximum atomic E-state index is 11.5. The van der Waals surface area contributed by atoms with Gasteiger partial charge in [-0.2, -0.15) is 0 Å². The number of nitrogens with two attached hydrogens (primary N) is 1. The van der Waals surface area contributed by atoms with Crippen LogP contribution in [0.4, 0.5) is 11.4 Å². The molecule has 0 saturated carbocycles. The van der Waals surface area contributed by atoms with E-state index in [1.807, 2.05) is 31.3 Å². The number of benzene rings is 2. The fraction of sp³-hybridized carbons (Fsp3) is 0.385. The van der Waals surface area contributed by atoms with Gasteiger partial charge in [-0.25, -0.2) is 9.79 Å². The van der Waals surface area contributed by atoms with Crippen molar-refractivity contribution in [3.63, 3.8) is 0 Å². The Bertz CT molecular complexity index is 1360. The molecule has 0 radical (unpaired) electrons. The van der Waals surface area contributed by atoms with E-state index in [1.165, 1.54) is 25.7 Å². The number of rotatable bonds is 4. The Morgan fingerprint density at radius 3 is 2.57 bits per heavy atom. The Balaban J connectivity index is 1.17. The van der Waals surface area contributed by atoms with Gasteiger partial charge in [-0.1, -0.05) is 6.07 Å². The van der Waals surface area contributed by atoms with Crippen molar-refractivity contribution in [3.05, 3.63) is 70.4 Å². The van der Waals surface area contributed by atoms with E-state index in [0.717, 1.165) is 22.5 Å². The monoisotopic (exact) mass is 473 g/mol. The molecule has 6 rings (SSSR count). The van der Waals surface area contributed by atoms with Gasteiger partial charge in [0.2, 0.25) is 5.96 Å². The number of hydrogen-bond donors (Lipinski definition) is 5. The first-order valence-electron chi connectivity index (χ1n) is 12.2. The first-order chi connectivity index (χ1) is 16.9. The van der Waals surface area contributed by atoms with Crippen molar-refractivity contribution >= 4 is 28.4 Å². The average molecular weight is 474 g/mol. The molecular weight excluding hydrogens is 442 g/mol. The third kappa shape index (κ3) is 4.00. The van der Waals surface area contributed by atoms with E-state index >= 15 is 0 Å². The molecule has 0 amide bonds. The van der Waals surface area contributed by atoms with Crippen LogP contribution in [-0.4, -0.2) is 41.0 Å². The lowest BCUT2D eigenvalue weighted by molar-refractivity contribution is 0.169. The number of oxazole rings is 1. The zero-order valence-electron chi connectivity index (χ0n) is 20.0. The molecule has 2 bridgehead atoms. The van der Waals surface area contributed by atoms with E-state index < -0.39 is 11.4 Å². The predicted molar refractivity (Wildman–Crippen MR) is 138 cm³/mol. The van der Waals surface area contributed by atoms with Gasteiger partial charge in [0.25, 0.3) is 0 Å². The highest BCUT2D eigenvalue weighted by Crippen LogP contribution is 2.35. The minimum Gasteiger partial charge on any atom is -0.408 e. The van der Waals surface area contributed by atoms with Gasteiger partial charge >= 0.3 is 5.76 Å². The van der Waals surface area contributed by atoms with Gasteiger partial charge in [-0.05, 0) is 81.6 Å². The zero-order valence-corrected chi connectivity index (χ0v) is 20.0. The third-order valence-electron chi connectivity index (χ3n) is 7.79. The number of piperidine rings is 1. The average Bonchev–Trinajstić information content (AvgIpc) is 3.29. The van der Waals surface area contributed by atoms with Crippen LogP contribution in [0, 0.1) is 0 Å². The number of hydrogen-bond acceptors (Lipinski definition) is 8. The van der Waals surface area contributed by atoms with Crippen LogP contribution in [0.25, 0.3) is 11.1 Å². The van der Waals surface area contributed by atoms with Crippen molar-refractivity contribution in [2.24, 2.45) is 10.7 Å². The van der Waals surface area contributed by atoms with E-state index in [-0.39, 0.29) is 0 Å². The number of nitrogens with zero attached hydrogens (tertiary/aromatic N) is 2. The van der Waals surface area contributed by atoms with Crippen LogP contribution < -0.4 is 27.4 Å². The largest absolute Gasteiger partial charge is 0.417 e. The van der Waals surface area contributed by atoms with Crippen LogP contribution in [-0.2, 0) is 5.66 Å². The van der Waals surface area contributed by atoms with Crippen LogP contribution in [0.1, 0.15) is 38.2 Å². The quantitative estimate of drug-likeness (QED) is 0.394. The molecule has 3 aliphatic rings. The number of aliphatic imine (C=N–C) groups is 1. The van der Waals surface area contributed by atoms with Gasteiger partial charge in [-0.15, -0.1) is 0 Å². The van der Waals surface area contributed by atoms with E-state index in [2.05, 4.69) is 45.0 Å². The first-order valence-corrected chi connectivity index (χ1v) is 12.2. The molecule has 2 fully saturated rings. The molecule has 0 aliphatic carbocycles. The van der Waals surface area contributed by atoms with Crippen LogP contribution in [0.3, 0.4) is 0 Å². The summed E-state index contributed by atoms with van der Waals surface area (Å²) in [5.74, 6) is 0.0549. The molecule has 1 aromatic heterocycles. The van der Waals surface area contributed by atoms with Crippen LogP contribution in [0.2, 0.25) is 0 Å². The van der Waals surface area contributed by atoms with E-state index in [4.69, 9.17) is 15.1 Å². The number of nitrogens with one attached hydrogen (secondary N) is 4. The van der Waals surface area contributed by atoms with Gasteiger partial charge in [-0.3, -0.25) is 10.7 Å². The Kier molecular flexibility index (Phi) is 5.19. The van der Waals surface area contributed by atoms with E-state index in [1.54, 1.807) is 12.1 Å². The van der Waals surface area contributed by atoms with Crippen LogP contribution in [0.15, 0.2) is 68.4 Å². The van der Waals surface area contributed by atoms with Crippen molar-refractivity contribution in [2.75, 3.05) is 17.7 Å². The number of fused-ring (bicyclic) bond motifs is 3. The highest BCUT2D eigenvalue weighted by molar-refractivity contribution is 5.95. The molecule has 3 atom stereocenters. The maximum Gasteiger partial charge on any atom is 0.417 e. The van der Waals surface area contributed by atoms with Crippen molar-refractivity contribution in [3.8, 4) is 0 Å². The van der Waals surface area contributed by atoms with Gasteiger partial charge in [0.15, 0.2) is 11.2 Å². The summed E-state index contributed by atoms with van der Waals surface area (Å²) in [6.45, 7) is 1.92. The summed E-state index contributed by atoms with van der Waals surface area (Å²) in [7, 11) is 2.27. The van der Waals surface area contributed by atoms with E-state index in [0.29, 0.717) is 35.2 Å². The van der Waals surface area contributed by atoms with Crippen molar-refractivity contribution in [1.29, 1.82) is 0 Å². The lowest BCUT2D eigenvalue weighted by Crippen LogP contribution is -2.44. The number of anilines is 2. The van der Waals surface area contributed by atoms with Crippen LogP contribution >= 0.6 is 0 Å². The number of guanidine groups is 1. The molecule has 6 N–H and O–H groups in total. The Labute approximate surface area is 203 Å². The molecule has 35 heavy (non-hydrogen) atoms. The molecular formula is C26H31N7O2. The topological polar surface area (TPSA) is 124 Å². The van der Waals surface area contributed by atoms with E-state index in [9.17, 15) is 4.79 Å². The predicted octanol–water partition coefficient (Wildman–Crippen LogP) is 3.24. The van der Waals surface area contributed by atoms with Gasteiger partial charge < -0.3 is 25.3 Å². The Morgan fingerprint density at radius 1 is 1.11 bits per heavy atom. The standard InChI is InChI=1S/C26H31N7O2/c1-15-14-28-24(32-26(15,27)16-3-10-23-22(11-16)31-25(34)35-23)30-18-6-4-17(5-7-18)29-19-12-20-8-9-21(13-19)33(20)2/h3-7,10-11,14,19-21,29H,8-9,12-13,27H2,1-2H3,(H,31,34)(H2,28,30,32). The summed E-state index contributed by atoms with van der Waals surface area (Å²) in [6.07, 6.45) is 6.90. The SMILES string of the molecule is CC1=CNC(Nc2ccc(NC3CC4CCC(C3)N4C)cc2)=NC1(N)c1ccc2oc(=O)[nH]c2c1. The molecule has 3 aliphatic heterocycles. The Morgan fingerprint density at radius 2 is 1.83 bits per heavy atom. The van der Waals surface area contributed by atoms with Crippen molar-refractivity contribution in [2.45, 2.75) is 56.4 Å². The molecule has 3 unspecified atom stereocenters. The molecule has 9 heteroatoms. The smallest absolute Gasteiger partial charge is 0.408 e. The van der Waals surface area contributed by atoms with Crippen LogP contribution in [0.5, 0.6) is 0 Å².